The number of carbonyl (C=O) groups excluding carboxylic acids is 1. The molecular formula is C20H16BrF3N6O. The number of aromatic nitrogens is 2. The maximum atomic E-state index is 13.7. The van der Waals surface area contributed by atoms with Crippen molar-refractivity contribution in [1.82, 2.24) is 15.3 Å². The Balaban J connectivity index is 1.74. The second kappa shape index (κ2) is 8.06. The number of aromatic amines is 1. The van der Waals surface area contributed by atoms with Gasteiger partial charge < -0.3 is 20.9 Å². The van der Waals surface area contributed by atoms with Crippen LogP contribution in [0.5, 0.6) is 0 Å². The molecule has 1 aromatic carbocycles. The van der Waals surface area contributed by atoms with E-state index in [1.807, 2.05) is 6.92 Å². The minimum atomic E-state index is -4.61. The summed E-state index contributed by atoms with van der Waals surface area (Å²) in [5.41, 5.74) is 1.78. The number of halogens is 4. The molecule has 4 rings (SSSR count). The average molecular weight is 493 g/mol. The van der Waals surface area contributed by atoms with Crippen LogP contribution in [0.2, 0.25) is 0 Å². The molecule has 7 nitrogen and oxygen atoms in total. The summed E-state index contributed by atoms with van der Waals surface area (Å²) < 4.78 is 41.7. The molecule has 4 N–H and O–H groups in total. The van der Waals surface area contributed by atoms with Crippen LogP contribution in [0.15, 0.2) is 51.7 Å². The third-order valence-corrected chi connectivity index (χ3v) is 5.52. The van der Waals surface area contributed by atoms with E-state index in [2.05, 4.69) is 46.8 Å². The quantitative estimate of drug-likeness (QED) is 0.393. The molecule has 0 aliphatic carbocycles. The van der Waals surface area contributed by atoms with Gasteiger partial charge in [0.1, 0.15) is 0 Å². The summed E-state index contributed by atoms with van der Waals surface area (Å²) in [5, 5.41) is 8.93. The lowest BCUT2D eigenvalue weighted by Gasteiger charge is -2.26. The Morgan fingerprint density at radius 2 is 2.03 bits per heavy atom. The Morgan fingerprint density at radius 3 is 2.71 bits per heavy atom. The van der Waals surface area contributed by atoms with E-state index in [1.165, 1.54) is 6.20 Å². The van der Waals surface area contributed by atoms with Crippen LogP contribution in [-0.2, 0) is 4.79 Å². The topological polar surface area (TPSA) is 94.2 Å². The number of nitrogens with zero attached hydrogens (tertiary/aromatic N) is 2. The van der Waals surface area contributed by atoms with Gasteiger partial charge in [-0.1, -0.05) is 6.07 Å². The van der Waals surface area contributed by atoms with E-state index >= 15 is 0 Å². The van der Waals surface area contributed by atoms with Crippen LogP contribution < -0.4 is 16.0 Å². The standard InChI is InChI=1S/C20H16BrF3N6O/c1-10-2-3-11(6-25-10)29-19-27-8-14(20(22,23)24)17(30-19)13-7-26-18-12(13)4-5-15(16(18)21)28-9-31/h2-9,19,26,29-30H,1H3,(H,28,31). The number of allylic oxidation sites excluding steroid dienone is 1. The molecule has 0 spiro atoms. The molecule has 3 aromatic rings. The number of alkyl halides is 3. The number of hydrogen-bond acceptors (Lipinski definition) is 5. The molecule has 2 aromatic heterocycles. The number of amides is 1. The fourth-order valence-electron chi connectivity index (χ4n) is 3.23. The summed E-state index contributed by atoms with van der Waals surface area (Å²) in [4.78, 5) is 21.9. The first kappa shape index (κ1) is 20.9. The van der Waals surface area contributed by atoms with Crippen molar-refractivity contribution in [2.45, 2.75) is 19.4 Å². The number of hydrogen-bond donors (Lipinski definition) is 4. The van der Waals surface area contributed by atoms with Gasteiger partial charge in [-0.3, -0.25) is 9.78 Å². The maximum absolute atomic E-state index is 13.7. The second-order valence-electron chi connectivity index (χ2n) is 6.76. The zero-order chi connectivity index (χ0) is 22.2. The van der Waals surface area contributed by atoms with E-state index < -0.39 is 18.0 Å². The molecule has 1 unspecified atom stereocenters. The average Bonchev–Trinajstić information content (AvgIpc) is 3.16. The number of anilines is 2. The predicted molar refractivity (Wildman–Crippen MR) is 117 cm³/mol. The summed E-state index contributed by atoms with van der Waals surface area (Å²) in [6, 6.07) is 6.80. The molecule has 1 aliphatic rings. The minimum absolute atomic E-state index is 0.116. The Kier molecular flexibility index (Phi) is 5.44. The lowest BCUT2D eigenvalue weighted by molar-refractivity contribution is -0.105. The molecule has 3 heterocycles. The first-order valence-corrected chi connectivity index (χ1v) is 9.87. The smallest absolute Gasteiger partial charge is 0.360 e. The molecule has 0 saturated heterocycles. The van der Waals surface area contributed by atoms with Gasteiger partial charge >= 0.3 is 6.18 Å². The van der Waals surface area contributed by atoms with Crippen molar-refractivity contribution in [3.63, 3.8) is 0 Å². The Labute approximate surface area is 183 Å². The highest BCUT2D eigenvalue weighted by Gasteiger charge is 2.38. The van der Waals surface area contributed by atoms with Gasteiger partial charge in [-0.15, -0.1) is 0 Å². The van der Waals surface area contributed by atoms with E-state index in [1.54, 1.807) is 30.5 Å². The Hall–Kier alpha value is -3.34. The van der Waals surface area contributed by atoms with Gasteiger partial charge in [-0.2, -0.15) is 13.2 Å². The Morgan fingerprint density at radius 1 is 1.23 bits per heavy atom. The molecule has 31 heavy (non-hydrogen) atoms. The van der Waals surface area contributed by atoms with Crippen LogP contribution in [0, 0.1) is 6.92 Å². The number of carbonyl (C=O) groups is 1. The summed E-state index contributed by atoms with van der Waals surface area (Å²) in [5.74, 6) is 0. The highest BCUT2D eigenvalue weighted by Crippen LogP contribution is 2.38. The number of aliphatic imine (C=N–C) groups is 1. The van der Waals surface area contributed by atoms with Crippen LogP contribution in [0.25, 0.3) is 16.6 Å². The largest absolute Gasteiger partial charge is 0.419 e. The molecule has 0 bridgehead atoms. The third kappa shape index (κ3) is 4.13. The van der Waals surface area contributed by atoms with Crippen molar-refractivity contribution < 1.29 is 18.0 Å². The van der Waals surface area contributed by atoms with Crippen LogP contribution >= 0.6 is 15.9 Å². The van der Waals surface area contributed by atoms with Crippen molar-refractivity contribution in [2.24, 2.45) is 4.99 Å². The van der Waals surface area contributed by atoms with Gasteiger partial charge in [0.05, 0.1) is 38.8 Å². The van der Waals surface area contributed by atoms with Crippen LogP contribution in [0.3, 0.4) is 0 Å². The summed E-state index contributed by atoms with van der Waals surface area (Å²) in [7, 11) is 0. The molecule has 160 valence electrons. The predicted octanol–water partition coefficient (Wildman–Crippen LogP) is 4.55. The van der Waals surface area contributed by atoms with Crippen molar-refractivity contribution in [3.05, 3.63) is 58.0 Å². The highest BCUT2D eigenvalue weighted by atomic mass is 79.9. The molecule has 0 radical (unpaired) electrons. The van der Waals surface area contributed by atoms with E-state index in [0.29, 0.717) is 38.7 Å². The zero-order valence-corrected chi connectivity index (χ0v) is 17.6. The van der Waals surface area contributed by atoms with E-state index in [0.717, 1.165) is 11.9 Å². The molecule has 1 atom stereocenters. The second-order valence-corrected chi connectivity index (χ2v) is 7.55. The molecule has 1 aliphatic heterocycles. The monoisotopic (exact) mass is 492 g/mol. The van der Waals surface area contributed by atoms with E-state index in [4.69, 9.17) is 0 Å². The number of aryl methyl sites for hydroxylation is 1. The van der Waals surface area contributed by atoms with Crippen molar-refractivity contribution in [1.29, 1.82) is 0 Å². The number of fused-ring (bicyclic) bond motifs is 1. The Bertz CT molecular complexity index is 1200. The minimum Gasteiger partial charge on any atom is -0.360 e. The first-order chi connectivity index (χ1) is 14.8. The number of H-pyrrole nitrogens is 1. The number of rotatable bonds is 5. The fourth-order valence-corrected chi connectivity index (χ4v) is 3.81. The fraction of sp³-hybridized carbons (Fsp3) is 0.150. The van der Waals surface area contributed by atoms with Crippen LogP contribution in [-0.4, -0.2) is 35.1 Å². The molecular weight excluding hydrogens is 477 g/mol. The molecule has 11 heteroatoms. The molecule has 0 saturated carbocycles. The third-order valence-electron chi connectivity index (χ3n) is 4.70. The van der Waals surface area contributed by atoms with Crippen LogP contribution in [0.1, 0.15) is 11.3 Å². The van der Waals surface area contributed by atoms with Gasteiger partial charge in [0.2, 0.25) is 6.41 Å². The van der Waals surface area contributed by atoms with Crippen molar-refractivity contribution >= 4 is 56.5 Å². The van der Waals surface area contributed by atoms with E-state index in [9.17, 15) is 18.0 Å². The zero-order valence-electron chi connectivity index (χ0n) is 16.0. The lowest BCUT2D eigenvalue weighted by atomic mass is 10.0. The van der Waals surface area contributed by atoms with Crippen molar-refractivity contribution in [2.75, 3.05) is 10.6 Å². The molecule has 0 fully saturated rings. The van der Waals surface area contributed by atoms with Crippen LogP contribution in [0.4, 0.5) is 24.5 Å². The lowest BCUT2D eigenvalue weighted by Crippen LogP contribution is -2.39. The summed E-state index contributed by atoms with van der Waals surface area (Å²) in [6.45, 7) is 1.84. The van der Waals surface area contributed by atoms with Gasteiger partial charge in [0, 0.05) is 29.1 Å². The number of benzene rings is 1. The first-order valence-electron chi connectivity index (χ1n) is 9.08. The highest BCUT2D eigenvalue weighted by molar-refractivity contribution is 9.10. The normalized spacial score (nSPS) is 16.4. The SMILES string of the molecule is Cc1ccc(NC2N=CC(C(F)(F)F)=C(c3c[nH]c4c(Br)c(NC=O)ccc34)N2)cn1. The van der Waals surface area contributed by atoms with Crippen molar-refractivity contribution in [3.8, 4) is 0 Å². The summed E-state index contributed by atoms with van der Waals surface area (Å²) in [6.07, 6.45) is -1.02. The number of nitrogens with one attached hydrogen (secondary N) is 4. The van der Waals surface area contributed by atoms with Gasteiger partial charge in [-0.05, 0) is 41.1 Å². The van der Waals surface area contributed by atoms with Gasteiger partial charge in [0.15, 0.2) is 6.29 Å². The van der Waals surface area contributed by atoms with Gasteiger partial charge in [-0.25, -0.2) is 4.99 Å². The summed E-state index contributed by atoms with van der Waals surface area (Å²) >= 11 is 3.38. The maximum Gasteiger partial charge on any atom is 0.419 e. The van der Waals surface area contributed by atoms with Gasteiger partial charge in [0.25, 0.3) is 0 Å². The molecule has 1 amide bonds. The number of pyridine rings is 1. The van der Waals surface area contributed by atoms with E-state index in [-0.39, 0.29) is 5.70 Å².